The lowest BCUT2D eigenvalue weighted by Crippen LogP contribution is -2.60. The van der Waals surface area contributed by atoms with E-state index >= 15 is 0 Å². The monoisotopic (exact) mass is 770 g/mol. The summed E-state index contributed by atoms with van der Waals surface area (Å²) in [6.45, 7) is 3.76. The van der Waals surface area contributed by atoms with Crippen LogP contribution in [-0.2, 0) is 14.3 Å². The summed E-state index contributed by atoms with van der Waals surface area (Å²) < 4.78 is 11.2. The van der Waals surface area contributed by atoms with Crippen LogP contribution < -0.4 is 5.32 Å². The molecule has 0 aromatic rings. The minimum atomic E-state index is -1.56. The van der Waals surface area contributed by atoms with E-state index in [9.17, 15) is 30.3 Å². The maximum atomic E-state index is 12.9. The molecule has 1 heterocycles. The summed E-state index contributed by atoms with van der Waals surface area (Å²) in [7, 11) is 0. The van der Waals surface area contributed by atoms with Gasteiger partial charge in [-0.2, -0.15) is 0 Å². The van der Waals surface area contributed by atoms with Gasteiger partial charge in [0.2, 0.25) is 5.91 Å². The number of carbonyl (C=O) groups excluding carboxylic acids is 1. The van der Waals surface area contributed by atoms with Crippen molar-refractivity contribution >= 4 is 5.91 Å². The number of unbranched alkanes of at least 4 members (excludes halogenated alkanes) is 28. The number of hydrogen-bond acceptors (Lipinski definition) is 8. The normalized spacial score (nSPS) is 21.5. The lowest BCUT2D eigenvalue weighted by Gasteiger charge is -2.40. The van der Waals surface area contributed by atoms with Crippen LogP contribution in [-0.4, -0.2) is 87.5 Å². The summed E-state index contributed by atoms with van der Waals surface area (Å²) in [6, 6.07) is -0.797. The number of ether oxygens (including phenoxy) is 2. The van der Waals surface area contributed by atoms with Crippen LogP contribution in [0.25, 0.3) is 0 Å². The minimum absolute atomic E-state index is 0.175. The molecule has 9 nitrogen and oxygen atoms in total. The molecular weight excluding hydrogens is 682 g/mol. The largest absolute Gasteiger partial charge is 0.394 e. The highest BCUT2D eigenvalue weighted by atomic mass is 16.7. The van der Waals surface area contributed by atoms with Crippen molar-refractivity contribution in [2.75, 3.05) is 13.2 Å². The van der Waals surface area contributed by atoms with Crippen molar-refractivity contribution in [1.29, 1.82) is 0 Å². The summed E-state index contributed by atoms with van der Waals surface area (Å²) in [5.41, 5.74) is 0. The second-order valence-corrected chi connectivity index (χ2v) is 16.2. The van der Waals surface area contributed by atoms with E-state index in [0.29, 0.717) is 6.42 Å². The molecule has 1 amide bonds. The number of carbonyl (C=O) groups is 1. The Morgan fingerprint density at radius 1 is 0.611 bits per heavy atom. The maximum absolute atomic E-state index is 12.9. The van der Waals surface area contributed by atoms with Crippen molar-refractivity contribution < 1.29 is 39.8 Å². The maximum Gasteiger partial charge on any atom is 0.220 e. The van der Waals surface area contributed by atoms with Crippen molar-refractivity contribution in [2.45, 2.75) is 256 Å². The topological polar surface area (TPSA) is 149 Å². The third kappa shape index (κ3) is 26.7. The summed E-state index contributed by atoms with van der Waals surface area (Å²) in [6.07, 6.45) is 34.1. The van der Waals surface area contributed by atoms with E-state index in [1.54, 1.807) is 6.08 Å². The van der Waals surface area contributed by atoms with Crippen LogP contribution in [0.4, 0.5) is 0 Å². The van der Waals surface area contributed by atoms with Gasteiger partial charge in [0.15, 0.2) is 6.29 Å². The van der Waals surface area contributed by atoms with Gasteiger partial charge in [0.05, 0.1) is 25.4 Å². The third-order valence-electron chi connectivity index (χ3n) is 11.1. The fourth-order valence-electron chi connectivity index (χ4n) is 7.39. The molecule has 0 radical (unpaired) electrons. The molecule has 0 saturated carbocycles. The highest BCUT2D eigenvalue weighted by Gasteiger charge is 2.44. The van der Waals surface area contributed by atoms with Gasteiger partial charge in [-0.1, -0.05) is 199 Å². The molecular formula is C45H87NO8. The number of allylic oxidation sites excluding steroid dienone is 1. The summed E-state index contributed by atoms with van der Waals surface area (Å²) >= 11 is 0. The Morgan fingerprint density at radius 2 is 1.02 bits per heavy atom. The molecule has 6 N–H and O–H groups in total. The zero-order chi connectivity index (χ0) is 39.5. The molecule has 320 valence electrons. The number of rotatable bonds is 38. The van der Waals surface area contributed by atoms with Crippen LogP contribution >= 0.6 is 0 Å². The van der Waals surface area contributed by atoms with Gasteiger partial charge in [0.1, 0.15) is 24.4 Å². The number of nitrogens with one attached hydrogen (secondary N) is 1. The fraction of sp³-hybridized carbons (Fsp3) is 0.933. The van der Waals surface area contributed by atoms with Crippen molar-refractivity contribution in [3.8, 4) is 0 Å². The molecule has 1 rings (SSSR count). The first kappa shape index (κ1) is 50.9. The zero-order valence-electron chi connectivity index (χ0n) is 35.0. The molecule has 0 aromatic carbocycles. The fourth-order valence-corrected chi connectivity index (χ4v) is 7.39. The molecule has 54 heavy (non-hydrogen) atoms. The van der Waals surface area contributed by atoms with Crippen molar-refractivity contribution in [3.63, 3.8) is 0 Å². The van der Waals surface area contributed by atoms with Gasteiger partial charge in [-0.05, 0) is 19.3 Å². The quantitative estimate of drug-likeness (QED) is 0.0269. The molecule has 9 heteroatoms. The second kappa shape index (κ2) is 36.3. The van der Waals surface area contributed by atoms with E-state index in [4.69, 9.17) is 9.47 Å². The number of amides is 1. The Labute approximate surface area is 331 Å². The molecule has 0 aromatic heterocycles. The lowest BCUT2D eigenvalue weighted by atomic mass is 9.99. The summed E-state index contributed by atoms with van der Waals surface area (Å²) in [5.74, 6) is -0.175. The van der Waals surface area contributed by atoms with E-state index < -0.39 is 49.5 Å². The van der Waals surface area contributed by atoms with Gasteiger partial charge in [0.25, 0.3) is 0 Å². The summed E-state index contributed by atoms with van der Waals surface area (Å²) in [5, 5.41) is 54.0. The van der Waals surface area contributed by atoms with E-state index in [1.165, 1.54) is 154 Å². The predicted molar refractivity (Wildman–Crippen MR) is 221 cm³/mol. The first-order valence-corrected chi connectivity index (χ1v) is 22.9. The number of aliphatic hydroxyl groups is 5. The van der Waals surface area contributed by atoms with Gasteiger partial charge >= 0.3 is 0 Å². The molecule has 1 aliphatic rings. The first-order valence-electron chi connectivity index (χ1n) is 22.9. The van der Waals surface area contributed by atoms with Crippen LogP contribution in [0.3, 0.4) is 0 Å². The van der Waals surface area contributed by atoms with Gasteiger partial charge in [-0.15, -0.1) is 0 Å². The van der Waals surface area contributed by atoms with Crippen molar-refractivity contribution in [2.24, 2.45) is 0 Å². The molecule has 1 saturated heterocycles. The smallest absolute Gasteiger partial charge is 0.220 e. The van der Waals surface area contributed by atoms with E-state index in [0.717, 1.165) is 38.5 Å². The molecule has 7 atom stereocenters. The standard InChI is InChI=1S/C45H87NO8/c1-3-5-7-9-11-13-15-16-17-18-19-20-21-22-23-24-25-27-29-31-33-35-41(49)46-38(37-53-45-44(52)43(51)42(50)40(36-47)54-45)39(48)34-32-30-28-26-14-12-10-8-6-4-2/h32,34,38-40,42-45,47-48,50-52H,3-31,33,35-37H2,1-2H3,(H,46,49)/b34-32+/t38-,39+,40-,42-,43?,44?,45-/m0/s1. The summed E-state index contributed by atoms with van der Waals surface area (Å²) in [4.78, 5) is 12.9. The Balaban J connectivity index is 2.26. The van der Waals surface area contributed by atoms with Gasteiger partial charge in [0, 0.05) is 6.42 Å². The Morgan fingerprint density at radius 3 is 1.44 bits per heavy atom. The van der Waals surface area contributed by atoms with Crippen molar-refractivity contribution in [1.82, 2.24) is 5.32 Å². The average molecular weight is 770 g/mol. The highest BCUT2D eigenvalue weighted by Crippen LogP contribution is 2.23. The molecule has 0 bridgehead atoms. The molecule has 1 aliphatic heterocycles. The SMILES string of the molecule is CCCCCCCCCC/C=C/[C@@H](O)[C@H](CO[C@H]1O[C@@H](CO)[C@H](O)C(O)C1O)NC(=O)CCCCCCCCCCCCCCCCCCCCCCC. The van der Waals surface area contributed by atoms with Crippen LogP contribution in [0, 0.1) is 0 Å². The number of hydrogen-bond donors (Lipinski definition) is 6. The van der Waals surface area contributed by atoms with Crippen LogP contribution in [0.2, 0.25) is 0 Å². The van der Waals surface area contributed by atoms with Crippen LogP contribution in [0.1, 0.15) is 213 Å². The van der Waals surface area contributed by atoms with Crippen LogP contribution in [0.5, 0.6) is 0 Å². The zero-order valence-corrected chi connectivity index (χ0v) is 35.0. The Kier molecular flexibility index (Phi) is 34.2. The molecule has 2 unspecified atom stereocenters. The lowest BCUT2D eigenvalue weighted by molar-refractivity contribution is -0.302. The Bertz CT molecular complexity index is 858. The predicted octanol–water partition coefficient (Wildman–Crippen LogP) is 9.34. The van der Waals surface area contributed by atoms with E-state index in [1.807, 2.05) is 6.08 Å². The van der Waals surface area contributed by atoms with Crippen molar-refractivity contribution in [3.05, 3.63) is 12.2 Å². The third-order valence-corrected chi connectivity index (χ3v) is 11.1. The Hall–Kier alpha value is -1.07. The van der Waals surface area contributed by atoms with Crippen LogP contribution in [0.15, 0.2) is 12.2 Å². The molecule has 0 aliphatic carbocycles. The minimum Gasteiger partial charge on any atom is -0.394 e. The highest BCUT2D eigenvalue weighted by molar-refractivity contribution is 5.76. The van der Waals surface area contributed by atoms with Gasteiger partial charge in [-0.3, -0.25) is 4.79 Å². The van der Waals surface area contributed by atoms with Gasteiger partial charge in [-0.25, -0.2) is 0 Å². The van der Waals surface area contributed by atoms with Gasteiger partial charge < -0.3 is 40.3 Å². The number of aliphatic hydroxyl groups excluding tert-OH is 5. The molecule has 0 spiro atoms. The van der Waals surface area contributed by atoms with E-state index in [2.05, 4.69) is 19.2 Å². The van der Waals surface area contributed by atoms with E-state index in [-0.39, 0.29) is 12.5 Å². The second-order valence-electron chi connectivity index (χ2n) is 16.2. The first-order chi connectivity index (χ1) is 26.3. The molecule has 1 fully saturated rings. The average Bonchev–Trinajstić information content (AvgIpc) is 3.17.